The molecule has 0 bridgehead atoms. The Labute approximate surface area is 121 Å². The molecule has 1 atom stereocenters. The highest BCUT2D eigenvalue weighted by Gasteiger charge is 2.20. The van der Waals surface area contributed by atoms with Crippen molar-refractivity contribution < 1.29 is 13.2 Å². The summed E-state index contributed by atoms with van der Waals surface area (Å²) in [7, 11) is 0. The maximum absolute atomic E-state index is 13.6. The minimum Gasteiger partial charge on any atom is -0.320 e. The number of nitrogens with two attached hydrogens (primary N) is 1. The molecule has 1 nitrogen and oxygen atoms in total. The lowest BCUT2D eigenvalue weighted by molar-refractivity contribution is 0.515. The van der Waals surface area contributed by atoms with Crippen LogP contribution in [-0.2, 0) is 0 Å². The molecule has 0 amide bonds. The van der Waals surface area contributed by atoms with Crippen LogP contribution < -0.4 is 5.73 Å². The summed E-state index contributed by atoms with van der Waals surface area (Å²) in [6.07, 6.45) is 0. The first kappa shape index (κ1) is 14.4. The van der Waals surface area contributed by atoms with Crippen LogP contribution in [0.4, 0.5) is 13.2 Å². The van der Waals surface area contributed by atoms with Crippen LogP contribution in [-0.4, -0.2) is 0 Å². The van der Waals surface area contributed by atoms with Crippen molar-refractivity contribution in [3.63, 3.8) is 0 Å². The summed E-state index contributed by atoms with van der Waals surface area (Å²) in [6.45, 7) is 0. The maximum Gasteiger partial charge on any atom is 0.134 e. The van der Waals surface area contributed by atoms with E-state index in [2.05, 4.69) is 15.9 Å². The number of hydrogen-bond donors (Lipinski definition) is 1. The summed E-state index contributed by atoms with van der Waals surface area (Å²) in [6, 6.07) is 4.83. The third-order valence-corrected chi connectivity index (χ3v) is 3.27. The van der Waals surface area contributed by atoms with E-state index in [-0.39, 0.29) is 0 Å². The molecule has 2 rings (SSSR count). The van der Waals surface area contributed by atoms with Gasteiger partial charge in [-0.1, -0.05) is 27.5 Å². The molecule has 19 heavy (non-hydrogen) atoms. The molecule has 6 heteroatoms. The summed E-state index contributed by atoms with van der Waals surface area (Å²) < 4.78 is 40.8. The number of halogens is 5. The largest absolute Gasteiger partial charge is 0.320 e. The van der Waals surface area contributed by atoms with Gasteiger partial charge in [0.25, 0.3) is 0 Å². The zero-order valence-corrected chi connectivity index (χ0v) is 11.8. The molecule has 2 N–H and O–H groups in total. The van der Waals surface area contributed by atoms with Gasteiger partial charge in [-0.25, -0.2) is 13.2 Å². The second-order valence-electron chi connectivity index (χ2n) is 3.96. The third-order valence-electron chi connectivity index (χ3n) is 2.60. The van der Waals surface area contributed by atoms with Gasteiger partial charge in [0, 0.05) is 27.2 Å². The summed E-state index contributed by atoms with van der Waals surface area (Å²) in [5.74, 6) is -3.04. The fourth-order valence-electron chi connectivity index (χ4n) is 1.77. The van der Waals surface area contributed by atoms with Crippen LogP contribution in [0, 0.1) is 17.5 Å². The number of benzene rings is 2. The van der Waals surface area contributed by atoms with Gasteiger partial charge in [-0.2, -0.15) is 0 Å². The van der Waals surface area contributed by atoms with E-state index in [4.69, 9.17) is 17.3 Å². The van der Waals surface area contributed by atoms with Crippen molar-refractivity contribution in [2.45, 2.75) is 6.04 Å². The van der Waals surface area contributed by atoms with Crippen LogP contribution in [0.15, 0.2) is 34.8 Å². The topological polar surface area (TPSA) is 26.0 Å². The summed E-state index contributed by atoms with van der Waals surface area (Å²) >= 11 is 9.07. The van der Waals surface area contributed by atoms with E-state index >= 15 is 0 Å². The lowest BCUT2D eigenvalue weighted by Gasteiger charge is -2.15. The Balaban J connectivity index is 2.52. The third kappa shape index (κ3) is 3.11. The second-order valence-corrected chi connectivity index (χ2v) is 5.32. The Hall–Kier alpha value is -1.04. The fraction of sp³-hybridized carbons (Fsp3) is 0.0769. The first-order valence-electron chi connectivity index (χ1n) is 5.24. The van der Waals surface area contributed by atoms with Gasteiger partial charge in [-0.15, -0.1) is 0 Å². The molecule has 0 radical (unpaired) electrons. The van der Waals surface area contributed by atoms with Crippen LogP contribution in [0.25, 0.3) is 0 Å². The van der Waals surface area contributed by atoms with Crippen molar-refractivity contribution in [3.05, 3.63) is 68.4 Å². The van der Waals surface area contributed by atoms with Crippen LogP contribution in [0.5, 0.6) is 0 Å². The molecular formula is C13H8BrClF3N. The summed E-state index contributed by atoms with van der Waals surface area (Å²) in [5, 5.41) is 0.378. The first-order valence-corrected chi connectivity index (χ1v) is 6.41. The molecule has 1 unspecified atom stereocenters. The van der Waals surface area contributed by atoms with E-state index in [0.717, 1.165) is 0 Å². The fourth-order valence-corrected chi connectivity index (χ4v) is 2.66. The van der Waals surface area contributed by atoms with Crippen molar-refractivity contribution in [1.82, 2.24) is 0 Å². The van der Waals surface area contributed by atoms with Gasteiger partial charge in [-0.3, -0.25) is 0 Å². The van der Waals surface area contributed by atoms with Crippen LogP contribution in [0.3, 0.4) is 0 Å². The van der Waals surface area contributed by atoms with E-state index in [9.17, 15) is 13.2 Å². The number of rotatable bonds is 2. The van der Waals surface area contributed by atoms with Gasteiger partial charge in [0.05, 0.1) is 6.04 Å². The van der Waals surface area contributed by atoms with Gasteiger partial charge in [-0.05, 0) is 23.8 Å². The predicted molar refractivity (Wildman–Crippen MR) is 71.5 cm³/mol. The maximum atomic E-state index is 13.6. The predicted octanol–water partition coefficient (Wildman–Crippen LogP) is 4.57. The van der Waals surface area contributed by atoms with Crippen molar-refractivity contribution in [1.29, 1.82) is 0 Å². The normalized spacial score (nSPS) is 12.5. The van der Waals surface area contributed by atoms with Gasteiger partial charge in [0.15, 0.2) is 0 Å². The van der Waals surface area contributed by atoms with Crippen LogP contribution >= 0.6 is 27.5 Å². The Morgan fingerprint density at radius 3 is 2.11 bits per heavy atom. The van der Waals surface area contributed by atoms with E-state index in [1.165, 1.54) is 6.07 Å². The zero-order valence-electron chi connectivity index (χ0n) is 9.43. The van der Waals surface area contributed by atoms with Crippen LogP contribution in [0.2, 0.25) is 5.02 Å². The standard InChI is InChI=1S/C13H8BrClF3N/c14-7-1-6(2-8(15)3-7)13(19)12-10(17)4-9(16)5-11(12)18/h1-5,13H,19H2. The molecule has 0 spiro atoms. The molecule has 2 aromatic rings. The molecule has 2 aromatic carbocycles. The molecule has 0 aliphatic rings. The first-order chi connectivity index (χ1) is 8.88. The molecule has 100 valence electrons. The van der Waals surface area contributed by atoms with E-state index in [0.29, 0.717) is 27.2 Å². The molecular weight excluding hydrogens is 343 g/mol. The van der Waals surface area contributed by atoms with Crippen LogP contribution in [0.1, 0.15) is 17.2 Å². The Morgan fingerprint density at radius 2 is 1.58 bits per heavy atom. The molecule has 0 aliphatic carbocycles. The van der Waals surface area contributed by atoms with Crippen molar-refractivity contribution in [2.75, 3.05) is 0 Å². The summed E-state index contributed by atoms with van der Waals surface area (Å²) in [4.78, 5) is 0. The van der Waals surface area contributed by atoms with E-state index in [1.54, 1.807) is 12.1 Å². The monoisotopic (exact) mass is 349 g/mol. The van der Waals surface area contributed by atoms with Gasteiger partial charge in [0.2, 0.25) is 0 Å². The van der Waals surface area contributed by atoms with Crippen molar-refractivity contribution >= 4 is 27.5 Å². The quantitative estimate of drug-likeness (QED) is 0.844. The lowest BCUT2D eigenvalue weighted by atomic mass is 9.98. The van der Waals surface area contributed by atoms with Gasteiger partial charge < -0.3 is 5.73 Å². The molecule has 0 saturated heterocycles. The summed E-state index contributed by atoms with van der Waals surface area (Å²) in [5.41, 5.74) is 5.85. The Bertz CT molecular complexity index is 590. The molecule has 0 aromatic heterocycles. The number of hydrogen-bond acceptors (Lipinski definition) is 1. The molecule has 0 aliphatic heterocycles. The molecule has 0 fully saturated rings. The SMILES string of the molecule is NC(c1cc(Cl)cc(Br)c1)c1c(F)cc(F)cc1F. The molecule has 0 heterocycles. The molecule has 0 saturated carbocycles. The van der Waals surface area contributed by atoms with Gasteiger partial charge >= 0.3 is 0 Å². The van der Waals surface area contributed by atoms with Crippen molar-refractivity contribution in [2.24, 2.45) is 5.73 Å². The minimum absolute atomic E-state index is 0.378. The average molecular weight is 351 g/mol. The Kier molecular flexibility index (Phi) is 4.18. The highest BCUT2D eigenvalue weighted by Crippen LogP contribution is 2.29. The van der Waals surface area contributed by atoms with E-state index < -0.39 is 29.1 Å². The van der Waals surface area contributed by atoms with E-state index in [1.807, 2.05) is 0 Å². The second kappa shape index (κ2) is 5.53. The van der Waals surface area contributed by atoms with Gasteiger partial charge in [0.1, 0.15) is 17.5 Å². The lowest BCUT2D eigenvalue weighted by Crippen LogP contribution is -2.16. The highest BCUT2D eigenvalue weighted by molar-refractivity contribution is 9.10. The van der Waals surface area contributed by atoms with Crippen molar-refractivity contribution in [3.8, 4) is 0 Å². The zero-order chi connectivity index (χ0) is 14.2. The average Bonchev–Trinajstić information content (AvgIpc) is 2.25. The smallest absolute Gasteiger partial charge is 0.134 e. The Morgan fingerprint density at radius 1 is 1.00 bits per heavy atom. The minimum atomic E-state index is -1.07. The highest BCUT2D eigenvalue weighted by atomic mass is 79.9.